The summed E-state index contributed by atoms with van der Waals surface area (Å²) in [6, 6.07) is 0.580. The molecule has 2 saturated heterocycles. The summed E-state index contributed by atoms with van der Waals surface area (Å²) in [4.78, 5) is 9.50. The van der Waals surface area contributed by atoms with Gasteiger partial charge in [0.2, 0.25) is 0 Å². The van der Waals surface area contributed by atoms with Crippen molar-refractivity contribution in [3.63, 3.8) is 0 Å². The van der Waals surface area contributed by atoms with Gasteiger partial charge < -0.3 is 15.8 Å². The van der Waals surface area contributed by atoms with Crippen molar-refractivity contribution in [2.75, 3.05) is 45.8 Å². The van der Waals surface area contributed by atoms with Crippen LogP contribution >= 0.6 is 0 Å². The number of ether oxygens (including phenoxy) is 1. The molecule has 0 saturated carbocycles. The van der Waals surface area contributed by atoms with Gasteiger partial charge in [-0.1, -0.05) is 6.92 Å². The Labute approximate surface area is 141 Å². The van der Waals surface area contributed by atoms with Gasteiger partial charge in [0.25, 0.3) is 0 Å². The molecule has 3 atom stereocenters. The molecule has 2 fully saturated rings. The van der Waals surface area contributed by atoms with Crippen LogP contribution in [0.3, 0.4) is 0 Å². The number of hydrogen-bond donors (Lipinski definition) is 2. The van der Waals surface area contributed by atoms with E-state index in [0.717, 1.165) is 45.7 Å². The second kappa shape index (κ2) is 9.45. The van der Waals surface area contributed by atoms with E-state index in [9.17, 15) is 0 Å². The number of likely N-dealkylation sites (N-methyl/N-ethyl adjacent to an activating group) is 1. The summed E-state index contributed by atoms with van der Waals surface area (Å²) >= 11 is 0. The molecule has 2 rings (SSSR count). The van der Waals surface area contributed by atoms with Crippen molar-refractivity contribution in [2.24, 2.45) is 10.7 Å². The van der Waals surface area contributed by atoms with E-state index in [0.29, 0.717) is 24.2 Å². The zero-order valence-electron chi connectivity index (χ0n) is 15.1. The molecule has 0 aromatic rings. The van der Waals surface area contributed by atoms with Gasteiger partial charge in [-0.25, -0.2) is 0 Å². The summed E-state index contributed by atoms with van der Waals surface area (Å²) < 4.78 is 5.76. The van der Waals surface area contributed by atoms with E-state index in [2.05, 4.69) is 40.9 Å². The summed E-state index contributed by atoms with van der Waals surface area (Å²) in [5.74, 6) is 0.594. The maximum absolute atomic E-state index is 5.99. The average Bonchev–Trinajstić information content (AvgIpc) is 2.96. The predicted octanol–water partition coefficient (Wildman–Crippen LogP) is 0.874. The molecule has 134 valence electrons. The number of nitrogens with zero attached hydrogens (tertiary/aromatic N) is 3. The maximum atomic E-state index is 5.99. The van der Waals surface area contributed by atoms with E-state index in [-0.39, 0.29) is 0 Å². The van der Waals surface area contributed by atoms with Gasteiger partial charge in [-0.2, -0.15) is 0 Å². The van der Waals surface area contributed by atoms with Gasteiger partial charge in [0.1, 0.15) is 0 Å². The molecule has 6 nitrogen and oxygen atoms in total. The zero-order chi connectivity index (χ0) is 16.7. The van der Waals surface area contributed by atoms with Gasteiger partial charge in [0.05, 0.1) is 18.8 Å². The van der Waals surface area contributed by atoms with Gasteiger partial charge >= 0.3 is 0 Å². The molecule has 2 heterocycles. The smallest absolute Gasteiger partial charge is 0.188 e. The highest BCUT2D eigenvalue weighted by molar-refractivity contribution is 5.77. The van der Waals surface area contributed by atoms with Crippen molar-refractivity contribution in [1.29, 1.82) is 0 Å². The van der Waals surface area contributed by atoms with Crippen LogP contribution in [0, 0.1) is 0 Å². The molecule has 0 aliphatic carbocycles. The molecule has 0 bridgehead atoms. The minimum atomic E-state index is 0.339. The summed E-state index contributed by atoms with van der Waals surface area (Å²) in [5.41, 5.74) is 5.99. The lowest BCUT2D eigenvalue weighted by Gasteiger charge is -2.35. The molecule has 3 N–H and O–H groups in total. The van der Waals surface area contributed by atoms with E-state index in [1.807, 2.05) is 0 Å². The minimum Gasteiger partial charge on any atom is -0.373 e. The van der Waals surface area contributed by atoms with E-state index in [1.165, 1.54) is 19.4 Å². The van der Waals surface area contributed by atoms with Crippen LogP contribution < -0.4 is 11.1 Å². The summed E-state index contributed by atoms with van der Waals surface area (Å²) in [6.45, 7) is 13.7. The number of aliphatic imine (C=N–C) groups is 1. The molecule has 0 amide bonds. The third-order valence-corrected chi connectivity index (χ3v) is 4.83. The van der Waals surface area contributed by atoms with E-state index in [1.54, 1.807) is 0 Å². The second-order valence-corrected chi connectivity index (χ2v) is 6.95. The van der Waals surface area contributed by atoms with Crippen molar-refractivity contribution in [3.05, 3.63) is 0 Å². The van der Waals surface area contributed by atoms with E-state index >= 15 is 0 Å². The number of morpholine rings is 1. The van der Waals surface area contributed by atoms with E-state index in [4.69, 9.17) is 10.5 Å². The van der Waals surface area contributed by atoms with Crippen LogP contribution in [0.15, 0.2) is 4.99 Å². The number of nitrogens with one attached hydrogen (secondary N) is 1. The lowest BCUT2D eigenvalue weighted by Crippen LogP contribution is -2.46. The van der Waals surface area contributed by atoms with Crippen LogP contribution in [-0.2, 0) is 4.74 Å². The monoisotopic (exact) mass is 325 g/mol. The molecule has 2 aliphatic heterocycles. The second-order valence-electron chi connectivity index (χ2n) is 6.95. The van der Waals surface area contributed by atoms with Gasteiger partial charge in [-0.15, -0.1) is 0 Å². The Hall–Kier alpha value is -0.850. The molecule has 6 heteroatoms. The molecule has 0 spiro atoms. The highest BCUT2D eigenvalue weighted by Gasteiger charge is 2.22. The minimum absolute atomic E-state index is 0.339. The molecule has 3 unspecified atom stereocenters. The van der Waals surface area contributed by atoms with Crippen LogP contribution in [0.4, 0.5) is 0 Å². The van der Waals surface area contributed by atoms with Crippen LogP contribution in [0.25, 0.3) is 0 Å². The molecule has 0 radical (unpaired) electrons. The topological polar surface area (TPSA) is 66.1 Å². The van der Waals surface area contributed by atoms with Crippen LogP contribution in [0.5, 0.6) is 0 Å². The van der Waals surface area contributed by atoms with Gasteiger partial charge in [0.15, 0.2) is 5.96 Å². The molecular weight excluding hydrogens is 290 g/mol. The van der Waals surface area contributed by atoms with Crippen molar-refractivity contribution in [1.82, 2.24) is 15.1 Å². The first-order valence-corrected chi connectivity index (χ1v) is 9.24. The summed E-state index contributed by atoms with van der Waals surface area (Å²) in [6.07, 6.45) is 4.30. The van der Waals surface area contributed by atoms with Crippen LogP contribution in [0.2, 0.25) is 0 Å². The quantitative estimate of drug-likeness (QED) is 0.413. The largest absolute Gasteiger partial charge is 0.373 e. The number of guanidine groups is 1. The number of likely N-dealkylation sites (tertiary alicyclic amines) is 1. The lowest BCUT2D eigenvalue weighted by atomic mass is 10.2. The standard InChI is InChI=1S/C17H35N5O/c1-4-22-10-5-7-16(22)11-20-17(18)19-8-6-9-21-12-14(2)23-15(3)13-21/h14-16H,4-13H2,1-3H3,(H3,18,19,20). The zero-order valence-corrected chi connectivity index (χ0v) is 15.1. The van der Waals surface area contributed by atoms with Crippen LogP contribution in [-0.4, -0.2) is 79.8 Å². The van der Waals surface area contributed by atoms with Crippen molar-refractivity contribution in [3.8, 4) is 0 Å². The highest BCUT2D eigenvalue weighted by atomic mass is 16.5. The Morgan fingerprint density at radius 3 is 2.74 bits per heavy atom. The SMILES string of the molecule is CCN1CCCC1CN=C(N)NCCCN1CC(C)OC(C)C1. The third-order valence-electron chi connectivity index (χ3n) is 4.83. The fourth-order valence-electron chi connectivity index (χ4n) is 3.76. The van der Waals surface area contributed by atoms with Crippen molar-refractivity contribution >= 4 is 5.96 Å². The van der Waals surface area contributed by atoms with Gasteiger partial charge in [-0.3, -0.25) is 14.8 Å². The van der Waals surface area contributed by atoms with E-state index < -0.39 is 0 Å². The predicted molar refractivity (Wildman–Crippen MR) is 95.8 cm³/mol. The number of hydrogen-bond acceptors (Lipinski definition) is 4. The molecular formula is C17H35N5O. The Kier molecular flexibility index (Phi) is 7.59. The first kappa shape index (κ1) is 18.5. The molecule has 0 aromatic heterocycles. The Morgan fingerprint density at radius 2 is 2.04 bits per heavy atom. The average molecular weight is 326 g/mol. The fourth-order valence-corrected chi connectivity index (χ4v) is 3.76. The fraction of sp³-hybridized carbons (Fsp3) is 0.941. The Bertz CT molecular complexity index is 366. The number of rotatable bonds is 7. The Balaban J connectivity index is 1.59. The van der Waals surface area contributed by atoms with Crippen LogP contribution in [0.1, 0.15) is 40.0 Å². The Morgan fingerprint density at radius 1 is 1.30 bits per heavy atom. The lowest BCUT2D eigenvalue weighted by molar-refractivity contribution is -0.0679. The molecule has 2 aliphatic rings. The third kappa shape index (κ3) is 6.28. The van der Waals surface area contributed by atoms with Gasteiger partial charge in [-0.05, 0) is 46.2 Å². The molecule has 23 heavy (non-hydrogen) atoms. The summed E-state index contributed by atoms with van der Waals surface area (Å²) in [7, 11) is 0. The van der Waals surface area contributed by atoms with Crippen molar-refractivity contribution < 1.29 is 4.74 Å². The summed E-state index contributed by atoms with van der Waals surface area (Å²) in [5, 5.41) is 3.25. The molecule has 0 aromatic carbocycles. The highest BCUT2D eigenvalue weighted by Crippen LogP contribution is 2.16. The maximum Gasteiger partial charge on any atom is 0.188 e. The first-order valence-electron chi connectivity index (χ1n) is 9.24. The van der Waals surface area contributed by atoms with Crippen molar-refractivity contribution in [2.45, 2.75) is 58.3 Å². The first-order chi connectivity index (χ1) is 11.1. The number of nitrogens with two attached hydrogens (primary N) is 1. The van der Waals surface area contributed by atoms with Gasteiger partial charge in [0, 0.05) is 32.2 Å². The normalized spacial score (nSPS) is 30.7.